The third-order valence-electron chi connectivity index (χ3n) is 5.46. The smallest absolute Gasteiger partial charge is 0.273 e. The summed E-state index contributed by atoms with van der Waals surface area (Å²) in [5.74, 6) is 1.02. The monoisotopic (exact) mass is 471 g/mol. The highest BCUT2D eigenvalue weighted by molar-refractivity contribution is 7.93. The van der Waals surface area contributed by atoms with Crippen LogP contribution in [0.3, 0.4) is 0 Å². The molecule has 7 nitrogen and oxygen atoms in total. The Morgan fingerprint density at radius 2 is 2.03 bits per heavy atom. The molecule has 168 valence electrons. The Hall–Kier alpha value is -2.91. The molecule has 32 heavy (non-hydrogen) atoms. The summed E-state index contributed by atoms with van der Waals surface area (Å²) in [6.07, 6.45) is 2.86. The lowest BCUT2D eigenvalue weighted by Crippen LogP contribution is -2.40. The van der Waals surface area contributed by atoms with Gasteiger partial charge in [-0.2, -0.15) is 0 Å². The number of thiazole rings is 1. The first-order chi connectivity index (χ1) is 15.4. The molecule has 9 heteroatoms. The Labute approximate surface area is 192 Å². The van der Waals surface area contributed by atoms with Gasteiger partial charge in [-0.15, -0.1) is 11.3 Å². The molecule has 1 aliphatic heterocycles. The summed E-state index contributed by atoms with van der Waals surface area (Å²) in [6.45, 7) is 1.33. The highest BCUT2D eigenvalue weighted by Gasteiger charge is 2.27. The number of methoxy groups -OCH3 is 1. The fourth-order valence-corrected chi connectivity index (χ4v) is 5.86. The van der Waals surface area contributed by atoms with Crippen LogP contribution in [-0.2, 0) is 16.4 Å². The molecular formula is C23H25N3O4S2. The van der Waals surface area contributed by atoms with Crippen LogP contribution in [0.15, 0.2) is 64.9 Å². The van der Waals surface area contributed by atoms with Crippen LogP contribution < -0.4 is 9.46 Å². The van der Waals surface area contributed by atoms with E-state index in [2.05, 4.69) is 15.8 Å². The Morgan fingerprint density at radius 1 is 1.22 bits per heavy atom. The van der Waals surface area contributed by atoms with E-state index in [0.29, 0.717) is 19.0 Å². The molecule has 3 aromatic rings. The van der Waals surface area contributed by atoms with E-state index in [1.54, 1.807) is 30.7 Å². The Morgan fingerprint density at radius 3 is 2.81 bits per heavy atom. The zero-order valence-electron chi connectivity index (χ0n) is 17.7. The highest BCUT2D eigenvalue weighted by atomic mass is 32.2. The second-order valence-corrected chi connectivity index (χ2v) is 10.3. The van der Waals surface area contributed by atoms with E-state index < -0.39 is 10.0 Å². The number of amides is 1. The maximum Gasteiger partial charge on any atom is 0.273 e. The van der Waals surface area contributed by atoms with Gasteiger partial charge in [0.15, 0.2) is 5.13 Å². The van der Waals surface area contributed by atoms with E-state index in [9.17, 15) is 13.2 Å². The van der Waals surface area contributed by atoms with E-state index in [0.717, 1.165) is 36.3 Å². The number of hydrogen-bond acceptors (Lipinski definition) is 6. The number of aromatic nitrogens is 1. The largest absolute Gasteiger partial charge is 0.497 e. The molecule has 0 spiro atoms. The zero-order chi connectivity index (χ0) is 22.6. The van der Waals surface area contributed by atoms with E-state index in [1.165, 1.54) is 17.7 Å². The number of benzene rings is 2. The fraction of sp³-hybridized carbons (Fsp3) is 0.304. The van der Waals surface area contributed by atoms with Gasteiger partial charge < -0.3 is 9.64 Å². The van der Waals surface area contributed by atoms with Gasteiger partial charge in [0.1, 0.15) is 11.4 Å². The first-order valence-corrected chi connectivity index (χ1v) is 12.8. The average Bonchev–Trinajstić information content (AvgIpc) is 3.27. The van der Waals surface area contributed by atoms with Gasteiger partial charge in [-0.1, -0.05) is 30.3 Å². The molecule has 1 aromatic heterocycles. The Bertz CT molecular complexity index is 1180. The van der Waals surface area contributed by atoms with Crippen molar-refractivity contribution < 1.29 is 17.9 Å². The minimum atomic E-state index is -3.74. The molecule has 0 saturated carbocycles. The summed E-state index contributed by atoms with van der Waals surface area (Å²) in [6, 6.07) is 16.1. The number of piperidine rings is 1. The number of anilines is 1. The Balaban J connectivity index is 1.40. The normalized spacial score (nSPS) is 16.5. The molecule has 1 unspecified atom stereocenters. The molecule has 4 rings (SSSR count). The van der Waals surface area contributed by atoms with Gasteiger partial charge in [-0.05, 0) is 55.0 Å². The van der Waals surface area contributed by atoms with Crippen molar-refractivity contribution in [2.24, 2.45) is 5.92 Å². The van der Waals surface area contributed by atoms with Crippen LogP contribution in [0, 0.1) is 5.92 Å². The number of nitrogens with one attached hydrogen (secondary N) is 1. The van der Waals surface area contributed by atoms with E-state index in [1.807, 2.05) is 23.1 Å². The van der Waals surface area contributed by atoms with Crippen molar-refractivity contribution in [3.05, 3.63) is 71.2 Å². The van der Waals surface area contributed by atoms with Crippen molar-refractivity contribution in [2.75, 3.05) is 24.9 Å². The highest BCUT2D eigenvalue weighted by Crippen LogP contribution is 2.26. The van der Waals surface area contributed by atoms with Gasteiger partial charge in [0, 0.05) is 18.5 Å². The van der Waals surface area contributed by atoms with Crippen molar-refractivity contribution in [2.45, 2.75) is 24.2 Å². The molecule has 2 aromatic carbocycles. The van der Waals surface area contributed by atoms with Crippen LogP contribution in [0.25, 0.3) is 0 Å². The molecule has 1 N–H and O–H groups in total. The summed E-state index contributed by atoms with van der Waals surface area (Å²) in [4.78, 5) is 19.2. The number of carbonyl (C=O) groups excluding carboxylic acids is 1. The van der Waals surface area contributed by atoms with Gasteiger partial charge in [-0.25, -0.2) is 13.4 Å². The van der Waals surface area contributed by atoms with Crippen LogP contribution in [-0.4, -0.2) is 44.4 Å². The van der Waals surface area contributed by atoms with Crippen LogP contribution in [0.1, 0.15) is 28.9 Å². The maximum absolute atomic E-state index is 13.0. The predicted octanol–water partition coefficient (Wildman–Crippen LogP) is 4.05. The summed E-state index contributed by atoms with van der Waals surface area (Å²) >= 11 is 1.11. The SMILES string of the molecule is COc1cccc(CC2CCCN(C(=O)c3csc(NS(=O)(=O)c4ccccc4)n3)C2)c1. The standard InChI is InChI=1S/C23H25N3O4S2/c1-30-19-9-5-7-17(14-19)13-18-8-6-12-26(15-18)22(27)21-16-31-23(24-21)25-32(28,29)20-10-3-2-4-11-20/h2-5,7,9-11,14,16,18H,6,8,12-13,15H2,1H3,(H,24,25). The predicted molar refractivity (Wildman–Crippen MR) is 125 cm³/mol. The lowest BCUT2D eigenvalue weighted by molar-refractivity contribution is 0.0668. The number of rotatable bonds is 7. The topological polar surface area (TPSA) is 88.6 Å². The average molecular weight is 472 g/mol. The van der Waals surface area contributed by atoms with Gasteiger partial charge in [0.05, 0.1) is 12.0 Å². The van der Waals surface area contributed by atoms with Crippen LogP contribution in [0.5, 0.6) is 5.75 Å². The second kappa shape index (κ2) is 9.70. The molecular weight excluding hydrogens is 446 g/mol. The van der Waals surface area contributed by atoms with Crippen LogP contribution in [0.2, 0.25) is 0 Å². The lowest BCUT2D eigenvalue weighted by atomic mass is 9.91. The molecule has 0 radical (unpaired) electrons. The third kappa shape index (κ3) is 5.28. The van der Waals surface area contributed by atoms with Gasteiger partial charge >= 0.3 is 0 Å². The van der Waals surface area contributed by atoms with Gasteiger partial charge in [0.2, 0.25) is 0 Å². The van der Waals surface area contributed by atoms with Gasteiger partial charge in [0.25, 0.3) is 15.9 Å². The van der Waals surface area contributed by atoms with E-state index >= 15 is 0 Å². The Kier molecular flexibility index (Phi) is 6.76. The van der Waals surface area contributed by atoms with Crippen molar-refractivity contribution in [3.8, 4) is 5.75 Å². The second-order valence-electron chi connectivity index (χ2n) is 7.77. The van der Waals surface area contributed by atoms with Crippen molar-refractivity contribution >= 4 is 32.4 Å². The number of sulfonamides is 1. The van der Waals surface area contributed by atoms with Crippen molar-refractivity contribution in [3.63, 3.8) is 0 Å². The fourth-order valence-electron chi connectivity index (χ4n) is 3.90. The number of ether oxygens (including phenoxy) is 1. The van der Waals surface area contributed by atoms with E-state index in [-0.39, 0.29) is 21.6 Å². The first-order valence-electron chi connectivity index (χ1n) is 10.4. The molecule has 1 aliphatic rings. The van der Waals surface area contributed by atoms with Crippen molar-refractivity contribution in [1.29, 1.82) is 0 Å². The van der Waals surface area contributed by atoms with Crippen LogP contribution in [0.4, 0.5) is 5.13 Å². The number of hydrogen-bond donors (Lipinski definition) is 1. The summed E-state index contributed by atoms with van der Waals surface area (Å²) in [7, 11) is -2.08. The zero-order valence-corrected chi connectivity index (χ0v) is 19.4. The summed E-state index contributed by atoms with van der Waals surface area (Å²) < 4.78 is 32.8. The number of nitrogens with zero attached hydrogens (tertiary/aromatic N) is 2. The number of carbonyl (C=O) groups is 1. The summed E-state index contributed by atoms with van der Waals surface area (Å²) in [5.41, 5.74) is 1.46. The van der Waals surface area contributed by atoms with E-state index in [4.69, 9.17) is 4.74 Å². The maximum atomic E-state index is 13.0. The number of likely N-dealkylation sites (tertiary alicyclic amines) is 1. The minimum absolute atomic E-state index is 0.152. The molecule has 1 saturated heterocycles. The third-order valence-corrected chi connectivity index (χ3v) is 7.70. The summed E-state index contributed by atoms with van der Waals surface area (Å²) in [5, 5.41) is 1.79. The molecule has 0 aliphatic carbocycles. The van der Waals surface area contributed by atoms with Crippen LogP contribution >= 0.6 is 11.3 Å². The molecule has 1 atom stereocenters. The quantitative estimate of drug-likeness (QED) is 0.562. The van der Waals surface area contributed by atoms with Crippen molar-refractivity contribution in [1.82, 2.24) is 9.88 Å². The minimum Gasteiger partial charge on any atom is -0.497 e. The van der Waals surface area contributed by atoms with Gasteiger partial charge in [-0.3, -0.25) is 9.52 Å². The molecule has 1 amide bonds. The first kappa shape index (κ1) is 22.3. The lowest BCUT2D eigenvalue weighted by Gasteiger charge is -2.32. The molecule has 2 heterocycles. The molecule has 1 fully saturated rings. The molecule has 0 bridgehead atoms.